The molecule has 25 heavy (non-hydrogen) atoms. The average molecular weight is 340 g/mol. The summed E-state index contributed by atoms with van der Waals surface area (Å²) in [5, 5.41) is 7.90. The van der Waals surface area contributed by atoms with E-state index in [4.69, 9.17) is 9.26 Å². The summed E-state index contributed by atoms with van der Waals surface area (Å²) in [6, 6.07) is 8.08. The van der Waals surface area contributed by atoms with Crippen LogP contribution in [-0.4, -0.2) is 27.6 Å². The Morgan fingerprint density at radius 1 is 1.36 bits per heavy atom. The van der Waals surface area contributed by atoms with Crippen LogP contribution in [0, 0.1) is 0 Å². The minimum atomic E-state index is -0.0983. The Balaban J connectivity index is 1.28. The summed E-state index contributed by atoms with van der Waals surface area (Å²) in [7, 11) is 0. The Labute approximate surface area is 144 Å². The maximum absolute atomic E-state index is 12.1. The van der Waals surface area contributed by atoms with Crippen LogP contribution in [0.3, 0.4) is 0 Å². The van der Waals surface area contributed by atoms with Crippen LogP contribution in [-0.2, 0) is 22.5 Å². The number of aryl methyl sites for hydroxylation is 1. The lowest BCUT2D eigenvalue weighted by molar-refractivity contribution is -0.121. The predicted octanol–water partition coefficient (Wildman–Crippen LogP) is 2.65. The zero-order valence-corrected chi connectivity index (χ0v) is 13.8. The molecular weight excluding hydrogens is 320 g/mol. The maximum Gasteiger partial charge on any atom is 0.255 e. The molecule has 7 nitrogen and oxygen atoms in total. The van der Waals surface area contributed by atoms with E-state index in [1.807, 2.05) is 24.4 Å². The first-order chi connectivity index (χ1) is 12.3. The molecule has 1 aliphatic rings. The summed E-state index contributed by atoms with van der Waals surface area (Å²) in [4.78, 5) is 19.6. The molecule has 0 saturated carbocycles. The number of carbonyl (C=O) groups is 1. The zero-order valence-electron chi connectivity index (χ0n) is 13.8. The van der Waals surface area contributed by atoms with E-state index in [1.165, 1.54) is 0 Å². The van der Waals surface area contributed by atoms with Gasteiger partial charge in [0.05, 0.1) is 6.54 Å². The first-order valence-corrected chi connectivity index (χ1v) is 8.55. The summed E-state index contributed by atoms with van der Waals surface area (Å²) < 4.78 is 10.7. The molecule has 0 spiro atoms. The maximum atomic E-state index is 12.1. The van der Waals surface area contributed by atoms with Crippen LogP contribution in [0.25, 0.3) is 10.9 Å². The van der Waals surface area contributed by atoms with Crippen LogP contribution in [0.4, 0.5) is 0 Å². The van der Waals surface area contributed by atoms with Gasteiger partial charge in [0.1, 0.15) is 6.10 Å². The third kappa shape index (κ3) is 3.56. The van der Waals surface area contributed by atoms with E-state index < -0.39 is 0 Å². The number of rotatable bonds is 6. The topological polar surface area (TPSA) is 93.0 Å². The molecule has 2 aromatic heterocycles. The monoisotopic (exact) mass is 340 g/mol. The van der Waals surface area contributed by atoms with Gasteiger partial charge in [-0.25, -0.2) is 0 Å². The lowest BCUT2D eigenvalue weighted by atomic mass is 10.1. The lowest BCUT2D eigenvalue weighted by Crippen LogP contribution is -2.23. The Morgan fingerprint density at radius 2 is 2.28 bits per heavy atom. The molecule has 7 heteroatoms. The van der Waals surface area contributed by atoms with E-state index in [2.05, 4.69) is 26.5 Å². The van der Waals surface area contributed by atoms with Crippen molar-refractivity contribution in [2.24, 2.45) is 0 Å². The smallest absolute Gasteiger partial charge is 0.255 e. The molecule has 0 unspecified atom stereocenters. The Morgan fingerprint density at radius 3 is 3.16 bits per heavy atom. The highest BCUT2D eigenvalue weighted by atomic mass is 16.5. The fourth-order valence-electron chi connectivity index (χ4n) is 3.10. The van der Waals surface area contributed by atoms with Gasteiger partial charge < -0.3 is 19.6 Å². The van der Waals surface area contributed by atoms with Crippen LogP contribution in [0.5, 0.6) is 0 Å². The van der Waals surface area contributed by atoms with E-state index in [0.717, 1.165) is 35.9 Å². The number of hydrogen-bond acceptors (Lipinski definition) is 5. The molecule has 3 aromatic rings. The number of carbonyl (C=O) groups excluding carboxylic acids is 1. The molecule has 0 bridgehead atoms. The van der Waals surface area contributed by atoms with Gasteiger partial charge in [-0.1, -0.05) is 23.4 Å². The molecule has 1 saturated heterocycles. The van der Waals surface area contributed by atoms with Crippen molar-refractivity contribution in [3.63, 3.8) is 0 Å². The second-order valence-corrected chi connectivity index (χ2v) is 6.19. The molecular formula is C18H20N4O3. The molecule has 1 atom stereocenters. The Kier molecular flexibility index (Phi) is 4.47. The van der Waals surface area contributed by atoms with Gasteiger partial charge in [0.15, 0.2) is 5.82 Å². The van der Waals surface area contributed by atoms with Gasteiger partial charge in [0, 0.05) is 30.1 Å². The number of aromatic nitrogens is 3. The molecule has 0 aliphatic carbocycles. The van der Waals surface area contributed by atoms with Crippen molar-refractivity contribution in [3.8, 4) is 0 Å². The highest BCUT2D eigenvalue weighted by Gasteiger charge is 2.23. The molecule has 3 heterocycles. The van der Waals surface area contributed by atoms with Gasteiger partial charge in [-0.15, -0.1) is 0 Å². The van der Waals surface area contributed by atoms with Gasteiger partial charge in [-0.05, 0) is 30.9 Å². The lowest BCUT2D eigenvalue weighted by Gasteiger charge is -2.02. The minimum Gasteiger partial charge on any atom is -0.368 e. The largest absolute Gasteiger partial charge is 0.368 e. The number of para-hydroxylation sites is 1. The van der Waals surface area contributed by atoms with Crippen molar-refractivity contribution in [2.75, 3.05) is 6.61 Å². The zero-order chi connectivity index (χ0) is 17.1. The fraction of sp³-hybridized carbons (Fsp3) is 0.389. The van der Waals surface area contributed by atoms with E-state index in [-0.39, 0.29) is 18.6 Å². The Bertz CT molecular complexity index is 864. The van der Waals surface area contributed by atoms with Crippen LogP contribution < -0.4 is 5.32 Å². The number of aromatic amines is 1. The van der Waals surface area contributed by atoms with Crippen molar-refractivity contribution < 1.29 is 14.1 Å². The van der Waals surface area contributed by atoms with E-state index in [0.29, 0.717) is 24.6 Å². The highest BCUT2D eigenvalue weighted by molar-refractivity contribution is 5.84. The number of H-pyrrole nitrogens is 1. The minimum absolute atomic E-state index is 0.0336. The van der Waals surface area contributed by atoms with Crippen molar-refractivity contribution in [1.29, 1.82) is 0 Å². The molecule has 4 rings (SSSR count). The number of fused-ring (bicyclic) bond motifs is 1. The number of hydrogen-bond donors (Lipinski definition) is 2. The quantitative estimate of drug-likeness (QED) is 0.719. The van der Waals surface area contributed by atoms with Gasteiger partial charge in [0.25, 0.3) is 5.89 Å². The second-order valence-electron chi connectivity index (χ2n) is 6.19. The Hall–Kier alpha value is -2.67. The SMILES string of the molecule is O=C(CCc1c[nH]c2ccccc12)NCc1noc([C@H]2CCCO2)n1. The number of amides is 1. The van der Waals surface area contributed by atoms with Crippen molar-refractivity contribution in [3.05, 3.63) is 47.7 Å². The summed E-state index contributed by atoms with van der Waals surface area (Å²) in [6.07, 6.45) is 4.87. The van der Waals surface area contributed by atoms with Crippen LogP contribution >= 0.6 is 0 Å². The summed E-state index contributed by atoms with van der Waals surface area (Å²) in [5.74, 6) is 0.945. The van der Waals surface area contributed by atoms with Crippen molar-refractivity contribution in [1.82, 2.24) is 20.4 Å². The van der Waals surface area contributed by atoms with Crippen LogP contribution in [0.1, 0.15) is 42.6 Å². The number of benzene rings is 1. The van der Waals surface area contributed by atoms with E-state index >= 15 is 0 Å². The molecule has 2 N–H and O–H groups in total. The summed E-state index contributed by atoms with van der Waals surface area (Å²) in [5.41, 5.74) is 2.23. The highest BCUT2D eigenvalue weighted by Crippen LogP contribution is 2.26. The molecule has 1 aliphatic heterocycles. The van der Waals surface area contributed by atoms with E-state index in [1.54, 1.807) is 0 Å². The molecule has 1 aromatic carbocycles. The third-order valence-electron chi connectivity index (χ3n) is 4.43. The van der Waals surface area contributed by atoms with Gasteiger partial charge in [0.2, 0.25) is 5.91 Å². The molecule has 130 valence electrons. The molecule has 0 radical (unpaired) electrons. The first-order valence-electron chi connectivity index (χ1n) is 8.55. The summed E-state index contributed by atoms with van der Waals surface area (Å²) >= 11 is 0. The van der Waals surface area contributed by atoms with Crippen LogP contribution in [0.15, 0.2) is 35.0 Å². The van der Waals surface area contributed by atoms with Crippen LogP contribution in [0.2, 0.25) is 0 Å². The predicted molar refractivity (Wildman–Crippen MR) is 90.7 cm³/mol. The van der Waals surface area contributed by atoms with E-state index in [9.17, 15) is 4.79 Å². The number of nitrogens with one attached hydrogen (secondary N) is 2. The first kappa shape index (κ1) is 15.8. The number of nitrogens with zero attached hydrogens (tertiary/aromatic N) is 2. The fourth-order valence-corrected chi connectivity index (χ4v) is 3.10. The standard InChI is InChI=1S/C18H20N4O3/c23-17(8-7-12-10-19-14-5-2-1-4-13(12)14)20-11-16-21-18(25-22-16)15-6-3-9-24-15/h1-2,4-5,10,15,19H,3,6-9,11H2,(H,20,23)/t15-/m1/s1. The van der Waals surface area contributed by atoms with Gasteiger partial charge >= 0.3 is 0 Å². The van der Waals surface area contributed by atoms with Gasteiger partial charge in [-0.3, -0.25) is 4.79 Å². The van der Waals surface area contributed by atoms with Crippen molar-refractivity contribution >= 4 is 16.8 Å². The summed E-state index contributed by atoms with van der Waals surface area (Å²) in [6.45, 7) is 0.996. The number of ether oxygens (including phenoxy) is 1. The van der Waals surface area contributed by atoms with Gasteiger partial charge in [-0.2, -0.15) is 4.98 Å². The second kappa shape index (κ2) is 7.06. The third-order valence-corrected chi connectivity index (χ3v) is 4.43. The van der Waals surface area contributed by atoms with Crippen molar-refractivity contribution in [2.45, 2.75) is 38.3 Å². The molecule has 1 fully saturated rings. The average Bonchev–Trinajstić information content (AvgIpc) is 3.38. The molecule has 1 amide bonds. The normalized spacial score (nSPS) is 17.2.